The summed E-state index contributed by atoms with van der Waals surface area (Å²) in [6, 6.07) is 8.84. The lowest BCUT2D eigenvalue weighted by Crippen LogP contribution is -2.11. The van der Waals surface area contributed by atoms with Crippen LogP contribution in [0.1, 0.15) is 29.4 Å². The van der Waals surface area contributed by atoms with Crippen LogP contribution in [0.3, 0.4) is 0 Å². The Labute approximate surface area is 130 Å². The van der Waals surface area contributed by atoms with Gasteiger partial charge in [-0.2, -0.15) is 18.4 Å². The molecule has 0 atom stereocenters. The van der Waals surface area contributed by atoms with Crippen LogP contribution < -0.4 is 0 Å². The van der Waals surface area contributed by atoms with Crippen molar-refractivity contribution in [2.24, 2.45) is 0 Å². The largest absolute Gasteiger partial charge is 0.481 e. The van der Waals surface area contributed by atoms with Crippen LogP contribution in [0.4, 0.5) is 13.2 Å². The van der Waals surface area contributed by atoms with Crippen molar-refractivity contribution in [2.45, 2.75) is 25.9 Å². The Bertz CT molecular complexity index is 786. The number of carbonyl (C=O) groups is 1. The maximum atomic E-state index is 13.2. The summed E-state index contributed by atoms with van der Waals surface area (Å²) in [4.78, 5) is 11.0. The molecule has 1 heterocycles. The average Bonchev–Trinajstić information content (AvgIpc) is 2.85. The van der Waals surface area contributed by atoms with Gasteiger partial charge in [-0.15, -0.1) is 0 Å². The molecule has 2 aromatic rings. The molecule has 0 saturated carbocycles. The monoisotopic (exact) mass is 322 g/mol. The fourth-order valence-electron chi connectivity index (χ4n) is 2.52. The van der Waals surface area contributed by atoms with Crippen molar-refractivity contribution in [3.05, 3.63) is 52.8 Å². The highest BCUT2D eigenvalue weighted by molar-refractivity contribution is 5.70. The zero-order chi connectivity index (χ0) is 17.2. The van der Waals surface area contributed by atoms with E-state index in [0.29, 0.717) is 5.69 Å². The lowest BCUT2D eigenvalue weighted by atomic mass is 10.1. The van der Waals surface area contributed by atoms with E-state index in [4.69, 9.17) is 10.4 Å². The third kappa shape index (κ3) is 3.37. The van der Waals surface area contributed by atoms with Crippen molar-refractivity contribution in [2.75, 3.05) is 0 Å². The lowest BCUT2D eigenvalue weighted by molar-refractivity contribution is -0.138. The molecule has 0 spiro atoms. The Morgan fingerprint density at radius 1 is 1.35 bits per heavy atom. The predicted octanol–water partition coefficient (Wildman–Crippen LogP) is 3.56. The number of alkyl halides is 3. The second-order valence-corrected chi connectivity index (χ2v) is 4.92. The molecule has 0 fully saturated rings. The first kappa shape index (κ1) is 16.6. The van der Waals surface area contributed by atoms with Crippen molar-refractivity contribution < 1.29 is 23.1 Å². The maximum Gasteiger partial charge on any atom is 0.418 e. The van der Waals surface area contributed by atoms with Gasteiger partial charge in [0.2, 0.25) is 0 Å². The number of rotatable bonds is 4. The van der Waals surface area contributed by atoms with Gasteiger partial charge < -0.3 is 9.67 Å². The normalized spacial score (nSPS) is 11.3. The number of hydrogen-bond acceptors (Lipinski definition) is 2. The zero-order valence-corrected chi connectivity index (χ0v) is 12.2. The minimum Gasteiger partial charge on any atom is -0.481 e. The molecular formula is C16H13F3N2O2. The third-order valence-electron chi connectivity index (χ3n) is 3.39. The fraction of sp³-hybridized carbons (Fsp3) is 0.250. The molecule has 23 heavy (non-hydrogen) atoms. The van der Waals surface area contributed by atoms with Gasteiger partial charge in [0.15, 0.2) is 0 Å². The summed E-state index contributed by atoms with van der Waals surface area (Å²) < 4.78 is 40.9. The molecule has 0 aliphatic carbocycles. The summed E-state index contributed by atoms with van der Waals surface area (Å²) in [6.45, 7) is 1.57. The highest BCUT2D eigenvalue weighted by Crippen LogP contribution is 2.36. The number of aliphatic carboxylic acids is 1. The summed E-state index contributed by atoms with van der Waals surface area (Å²) in [5.41, 5.74) is -0.222. The van der Waals surface area contributed by atoms with Crippen molar-refractivity contribution >= 4 is 5.97 Å². The molecule has 0 bridgehead atoms. The maximum absolute atomic E-state index is 13.2. The molecule has 0 aliphatic rings. The number of hydrogen-bond donors (Lipinski definition) is 1. The standard InChI is InChI=1S/C16H13F3N2O2/c1-2-14-13(16(17,18)19)7-12(8-15(22)23)21(14)11-5-3-4-10(6-11)9-20/h3-7H,2,8H2,1H3,(H,22,23). The van der Waals surface area contributed by atoms with Gasteiger partial charge in [0, 0.05) is 17.1 Å². The van der Waals surface area contributed by atoms with Crippen LogP contribution in [0.5, 0.6) is 0 Å². The van der Waals surface area contributed by atoms with E-state index >= 15 is 0 Å². The summed E-state index contributed by atoms with van der Waals surface area (Å²) in [7, 11) is 0. The molecule has 4 nitrogen and oxygen atoms in total. The van der Waals surface area contributed by atoms with Crippen LogP contribution in [-0.2, 0) is 23.8 Å². The lowest BCUT2D eigenvalue weighted by Gasteiger charge is -2.14. The Morgan fingerprint density at radius 3 is 2.57 bits per heavy atom. The number of nitrogens with zero attached hydrogens (tertiary/aromatic N) is 2. The number of halogens is 3. The molecule has 2 rings (SSSR count). The number of carboxylic acids is 1. The first-order valence-electron chi connectivity index (χ1n) is 6.81. The Morgan fingerprint density at radius 2 is 2.04 bits per heavy atom. The fourth-order valence-corrected chi connectivity index (χ4v) is 2.52. The third-order valence-corrected chi connectivity index (χ3v) is 3.39. The molecule has 7 heteroatoms. The van der Waals surface area contributed by atoms with E-state index < -0.39 is 24.1 Å². The first-order chi connectivity index (χ1) is 10.8. The first-order valence-corrected chi connectivity index (χ1v) is 6.81. The van der Waals surface area contributed by atoms with E-state index in [2.05, 4.69) is 0 Å². The van der Waals surface area contributed by atoms with Gasteiger partial charge in [-0.3, -0.25) is 4.79 Å². The number of carboxylic acid groups (broad SMARTS) is 1. The SMILES string of the molecule is CCc1c(C(F)(F)F)cc(CC(=O)O)n1-c1cccc(C#N)c1. The summed E-state index contributed by atoms with van der Waals surface area (Å²) in [5, 5.41) is 17.9. The minimum atomic E-state index is -4.57. The molecule has 0 aliphatic heterocycles. The number of nitriles is 1. The van der Waals surface area contributed by atoms with Gasteiger partial charge in [-0.05, 0) is 30.7 Å². The van der Waals surface area contributed by atoms with Crippen LogP contribution in [0.25, 0.3) is 5.69 Å². The van der Waals surface area contributed by atoms with E-state index in [1.54, 1.807) is 19.1 Å². The number of aromatic nitrogens is 1. The topological polar surface area (TPSA) is 66.0 Å². The molecule has 0 unspecified atom stereocenters. The zero-order valence-electron chi connectivity index (χ0n) is 12.2. The average molecular weight is 322 g/mol. The summed E-state index contributed by atoms with van der Waals surface area (Å²) >= 11 is 0. The van der Waals surface area contributed by atoms with E-state index in [0.717, 1.165) is 6.07 Å². The number of benzene rings is 1. The van der Waals surface area contributed by atoms with E-state index in [1.807, 2.05) is 6.07 Å². The van der Waals surface area contributed by atoms with Crippen LogP contribution in [0.15, 0.2) is 30.3 Å². The van der Waals surface area contributed by atoms with Gasteiger partial charge in [0.25, 0.3) is 0 Å². The minimum absolute atomic E-state index is 0.0242. The second-order valence-electron chi connectivity index (χ2n) is 4.92. The van der Waals surface area contributed by atoms with Crippen molar-refractivity contribution in [3.8, 4) is 11.8 Å². The van der Waals surface area contributed by atoms with Crippen LogP contribution in [0, 0.1) is 11.3 Å². The smallest absolute Gasteiger partial charge is 0.418 e. The molecule has 0 saturated heterocycles. The van der Waals surface area contributed by atoms with Crippen molar-refractivity contribution in [1.29, 1.82) is 5.26 Å². The van der Waals surface area contributed by atoms with Crippen molar-refractivity contribution in [3.63, 3.8) is 0 Å². The van der Waals surface area contributed by atoms with Crippen LogP contribution >= 0.6 is 0 Å². The predicted molar refractivity (Wildman–Crippen MR) is 76.2 cm³/mol. The van der Waals surface area contributed by atoms with Gasteiger partial charge in [0.1, 0.15) is 0 Å². The van der Waals surface area contributed by atoms with Crippen LogP contribution in [0.2, 0.25) is 0 Å². The Kier molecular flexibility index (Phi) is 4.45. The Hall–Kier alpha value is -2.75. The molecule has 1 aromatic heterocycles. The van der Waals surface area contributed by atoms with E-state index in [-0.39, 0.29) is 23.4 Å². The molecule has 1 aromatic carbocycles. The highest BCUT2D eigenvalue weighted by Gasteiger charge is 2.36. The Balaban J connectivity index is 2.75. The molecule has 120 valence electrons. The molecule has 0 amide bonds. The summed E-state index contributed by atoms with van der Waals surface area (Å²) in [5.74, 6) is -1.23. The molecule has 0 radical (unpaired) electrons. The van der Waals surface area contributed by atoms with Crippen LogP contribution in [-0.4, -0.2) is 15.6 Å². The summed E-state index contributed by atoms with van der Waals surface area (Å²) in [6.07, 6.45) is -5.04. The molecular weight excluding hydrogens is 309 g/mol. The van der Waals surface area contributed by atoms with Gasteiger partial charge in [-0.25, -0.2) is 0 Å². The van der Waals surface area contributed by atoms with Gasteiger partial charge >= 0.3 is 12.1 Å². The quantitative estimate of drug-likeness (QED) is 0.936. The van der Waals surface area contributed by atoms with Gasteiger partial charge in [-0.1, -0.05) is 13.0 Å². The highest BCUT2D eigenvalue weighted by atomic mass is 19.4. The van der Waals surface area contributed by atoms with E-state index in [1.165, 1.54) is 16.7 Å². The second kappa shape index (κ2) is 6.16. The molecule has 1 N–H and O–H groups in total. The van der Waals surface area contributed by atoms with Gasteiger partial charge in [0.05, 0.1) is 23.6 Å². The van der Waals surface area contributed by atoms with E-state index in [9.17, 15) is 18.0 Å². The van der Waals surface area contributed by atoms with Crippen molar-refractivity contribution in [1.82, 2.24) is 4.57 Å².